The van der Waals surface area contributed by atoms with E-state index in [2.05, 4.69) is 22.9 Å². The standard InChI is InChI=1S/C24H36N4O3/c1-3-6-21(29)28-18-24(20-7-5-12-25-22(20)28)10-15-26(16-11-24)17-19-8-13-27(14-9-19)23(30)31-4-2/h5,7,12,19H,3-4,6,8-11,13-18H2,1-2H3. The first-order chi connectivity index (χ1) is 15.1. The molecule has 4 rings (SSSR count). The molecule has 7 heteroatoms. The van der Waals surface area contributed by atoms with E-state index in [1.807, 2.05) is 29.0 Å². The molecule has 0 aromatic carbocycles. The van der Waals surface area contributed by atoms with Crippen molar-refractivity contribution in [2.24, 2.45) is 5.92 Å². The highest BCUT2D eigenvalue weighted by atomic mass is 16.6. The van der Waals surface area contributed by atoms with Gasteiger partial charge < -0.3 is 14.5 Å². The topological polar surface area (TPSA) is 66.0 Å². The highest BCUT2D eigenvalue weighted by Crippen LogP contribution is 2.46. The lowest BCUT2D eigenvalue weighted by Crippen LogP contribution is -2.48. The molecule has 0 bridgehead atoms. The molecule has 0 atom stereocenters. The number of pyridine rings is 1. The van der Waals surface area contributed by atoms with Crippen LogP contribution in [-0.4, -0.2) is 72.7 Å². The maximum absolute atomic E-state index is 12.7. The number of amides is 2. The first-order valence-electron chi connectivity index (χ1n) is 12.0. The highest BCUT2D eigenvalue weighted by Gasteiger charge is 2.47. The summed E-state index contributed by atoms with van der Waals surface area (Å²) < 4.78 is 5.13. The van der Waals surface area contributed by atoms with Crippen molar-refractivity contribution in [3.05, 3.63) is 23.9 Å². The molecule has 3 aliphatic heterocycles. The molecule has 1 spiro atoms. The number of carbonyl (C=O) groups excluding carboxylic acids is 2. The third-order valence-corrected chi connectivity index (χ3v) is 7.31. The van der Waals surface area contributed by atoms with E-state index >= 15 is 0 Å². The number of carbonyl (C=O) groups is 2. The molecule has 31 heavy (non-hydrogen) atoms. The molecule has 2 amide bonds. The largest absolute Gasteiger partial charge is 0.450 e. The zero-order valence-electron chi connectivity index (χ0n) is 19.0. The summed E-state index contributed by atoms with van der Waals surface area (Å²) in [4.78, 5) is 35.6. The predicted molar refractivity (Wildman–Crippen MR) is 120 cm³/mol. The van der Waals surface area contributed by atoms with Gasteiger partial charge in [0.05, 0.1) is 6.61 Å². The van der Waals surface area contributed by atoms with Crippen molar-refractivity contribution >= 4 is 17.8 Å². The molecular weight excluding hydrogens is 392 g/mol. The molecule has 1 aromatic rings. The third-order valence-electron chi connectivity index (χ3n) is 7.31. The summed E-state index contributed by atoms with van der Waals surface area (Å²) >= 11 is 0. The van der Waals surface area contributed by atoms with E-state index in [0.717, 1.165) is 77.2 Å². The predicted octanol–water partition coefficient (Wildman–Crippen LogP) is 3.43. The van der Waals surface area contributed by atoms with Gasteiger partial charge in [-0.15, -0.1) is 0 Å². The Morgan fingerprint density at radius 1 is 1.16 bits per heavy atom. The van der Waals surface area contributed by atoms with Crippen LogP contribution in [0.3, 0.4) is 0 Å². The van der Waals surface area contributed by atoms with Crippen LogP contribution in [0.15, 0.2) is 18.3 Å². The van der Waals surface area contributed by atoms with Gasteiger partial charge in [0, 0.05) is 49.8 Å². The Morgan fingerprint density at radius 2 is 1.90 bits per heavy atom. The molecule has 1 aromatic heterocycles. The maximum atomic E-state index is 12.7. The number of fused-ring (bicyclic) bond motifs is 2. The smallest absolute Gasteiger partial charge is 0.409 e. The third kappa shape index (κ3) is 4.56. The van der Waals surface area contributed by atoms with Gasteiger partial charge in [0.25, 0.3) is 0 Å². The SMILES string of the molecule is CCCC(=O)N1CC2(CCN(CC3CCN(C(=O)OCC)CC3)CC2)c2cccnc21. The summed E-state index contributed by atoms with van der Waals surface area (Å²) in [5.41, 5.74) is 1.32. The van der Waals surface area contributed by atoms with Gasteiger partial charge in [0.2, 0.25) is 5.91 Å². The quantitative estimate of drug-likeness (QED) is 0.719. The van der Waals surface area contributed by atoms with E-state index < -0.39 is 0 Å². The Morgan fingerprint density at radius 3 is 2.58 bits per heavy atom. The molecule has 0 unspecified atom stereocenters. The van der Waals surface area contributed by atoms with Crippen molar-refractivity contribution in [2.75, 3.05) is 50.8 Å². The van der Waals surface area contributed by atoms with Gasteiger partial charge in [-0.2, -0.15) is 0 Å². The molecular formula is C24H36N4O3. The minimum absolute atomic E-state index is 0.0524. The number of hydrogen-bond acceptors (Lipinski definition) is 5. The van der Waals surface area contributed by atoms with Crippen LogP contribution in [0.4, 0.5) is 10.6 Å². The first-order valence-corrected chi connectivity index (χ1v) is 12.0. The van der Waals surface area contributed by atoms with Crippen LogP contribution in [0.5, 0.6) is 0 Å². The fraction of sp³-hybridized carbons (Fsp3) is 0.708. The minimum atomic E-state index is -0.170. The Labute approximate surface area is 185 Å². The average Bonchev–Trinajstić information content (AvgIpc) is 3.11. The van der Waals surface area contributed by atoms with Crippen LogP contribution in [0, 0.1) is 5.92 Å². The molecule has 0 saturated carbocycles. The van der Waals surface area contributed by atoms with Crippen molar-refractivity contribution in [3.8, 4) is 0 Å². The van der Waals surface area contributed by atoms with Crippen molar-refractivity contribution in [2.45, 2.75) is 57.8 Å². The molecule has 2 fully saturated rings. The Bertz CT molecular complexity index is 783. The van der Waals surface area contributed by atoms with Crippen LogP contribution < -0.4 is 4.90 Å². The average molecular weight is 429 g/mol. The number of nitrogens with zero attached hydrogens (tertiary/aromatic N) is 4. The van der Waals surface area contributed by atoms with Gasteiger partial charge in [-0.25, -0.2) is 9.78 Å². The van der Waals surface area contributed by atoms with E-state index in [1.165, 1.54) is 5.56 Å². The number of likely N-dealkylation sites (tertiary alicyclic amines) is 2. The molecule has 0 aliphatic carbocycles. The van der Waals surface area contributed by atoms with Crippen molar-refractivity contribution < 1.29 is 14.3 Å². The van der Waals surface area contributed by atoms with Crippen molar-refractivity contribution in [1.82, 2.24) is 14.8 Å². The van der Waals surface area contributed by atoms with Gasteiger partial charge in [-0.05, 0) is 64.1 Å². The second-order valence-electron chi connectivity index (χ2n) is 9.31. The second kappa shape index (κ2) is 9.55. The van der Waals surface area contributed by atoms with E-state index in [1.54, 1.807) is 0 Å². The Hall–Kier alpha value is -2.15. The summed E-state index contributed by atoms with van der Waals surface area (Å²) in [6, 6.07) is 4.19. The fourth-order valence-electron chi connectivity index (χ4n) is 5.51. The minimum Gasteiger partial charge on any atom is -0.450 e. The van der Waals surface area contributed by atoms with Gasteiger partial charge in [0.1, 0.15) is 5.82 Å². The molecule has 170 valence electrons. The number of hydrogen-bond donors (Lipinski definition) is 0. The lowest BCUT2D eigenvalue weighted by molar-refractivity contribution is -0.118. The van der Waals surface area contributed by atoms with Crippen LogP contribution in [-0.2, 0) is 14.9 Å². The number of anilines is 1. The van der Waals surface area contributed by atoms with Crippen LogP contribution in [0.25, 0.3) is 0 Å². The maximum Gasteiger partial charge on any atom is 0.409 e. The highest BCUT2D eigenvalue weighted by molar-refractivity contribution is 5.95. The molecule has 0 radical (unpaired) electrons. The van der Waals surface area contributed by atoms with E-state index in [9.17, 15) is 9.59 Å². The van der Waals surface area contributed by atoms with E-state index in [4.69, 9.17) is 4.74 Å². The van der Waals surface area contributed by atoms with Gasteiger partial charge >= 0.3 is 6.09 Å². The van der Waals surface area contributed by atoms with Crippen LogP contribution in [0.2, 0.25) is 0 Å². The molecule has 4 heterocycles. The van der Waals surface area contributed by atoms with Crippen molar-refractivity contribution in [3.63, 3.8) is 0 Å². The number of piperidine rings is 2. The van der Waals surface area contributed by atoms with Gasteiger partial charge in [-0.3, -0.25) is 9.69 Å². The Balaban J connectivity index is 1.33. The summed E-state index contributed by atoms with van der Waals surface area (Å²) in [5, 5.41) is 0. The van der Waals surface area contributed by atoms with Crippen LogP contribution >= 0.6 is 0 Å². The number of ether oxygens (including phenoxy) is 1. The molecule has 2 saturated heterocycles. The van der Waals surface area contributed by atoms with E-state index in [0.29, 0.717) is 18.9 Å². The lowest BCUT2D eigenvalue weighted by Gasteiger charge is -2.42. The summed E-state index contributed by atoms with van der Waals surface area (Å²) in [5.74, 6) is 1.73. The van der Waals surface area contributed by atoms with Crippen LogP contribution in [0.1, 0.15) is 57.9 Å². The zero-order valence-corrected chi connectivity index (χ0v) is 19.0. The van der Waals surface area contributed by atoms with Crippen molar-refractivity contribution in [1.29, 1.82) is 0 Å². The normalized spacial score (nSPS) is 21.4. The van der Waals surface area contributed by atoms with E-state index in [-0.39, 0.29) is 17.4 Å². The number of aromatic nitrogens is 1. The molecule has 0 N–H and O–H groups in total. The lowest BCUT2D eigenvalue weighted by atomic mass is 9.74. The summed E-state index contributed by atoms with van der Waals surface area (Å²) in [6.07, 6.45) is 7.33. The molecule has 7 nitrogen and oxygen atoms in total. The fourth-order valence-corrected chi connectivity index (χ4v) is 5.51. The second-order valence-corrected chi connectivity index (χ2v) is 9.31. The molecule has 3 aliphatic rings. The van der Waals surface area contributed by atoms with Gasteiger partial charge in [0.15, 0.2) is 0 Å². The summed E-state index contributed by atoms with van der Waals surface area (Å²) in [6.45, 7) is 9.95. The first kappa shape index (κ1) is 22.1. The monoisotopic (exact) mass is 428 g/mol. The zero-order chi connectivity index (χ0) is 21.8. The number of rotatable bonds is 5. The summed E-state index contributed by atoms with van der Waals surface area (Å²) in [7, 11) is 0. The van der Waals surface area contributed by atoms with Gasteiger partial charge in [-0.1, -0.05) is 13.0 Å². The Kier molecular flexibility index (Phi) is 6.80.